The Morgan fingerprint density at radius 1 is 1.18 bits per heavy atom. The van der Waals surface area contributed by atoms with E-state index in [2.05, 4.69) is 15.3 Å². The fourth-order valence-electron chi connectivity index (χ4n) is 3.40. The van der Waals surface area contributed by atoms with Gasteiger partial charge in [0.2, 0.25) is 5.56 Å². The van der Waals surface area contributed by atoms with Crippen LogP contribution in [0.15, 0.2) is 59.5 Å². The number of aromatic nitrogens is 2. The van der Waals surface area contributed by atoms with E-state index in [1.54, 1.807) is 30.3 Å². The number of hydrogen-bond acceptors (Lipinski definition) is 5. The molecule has 10 heteroatoms. The number of thiophene rings is 1. The normalized spacial score (nSPS) is 11.5. The fourth-order valence-corrected chi connectivity index (χ4v) is 4.44. The van der Waals surface area contributed by atoms with E-state index in [9.17, 15) is 22.8 Å². The van der Waals surface area contributed by atoms with Crippen molar-refractivity contribution in [3.8, 4) is 5.75 Å². The molecule has 4 aromatic rings. The van der Waals surface area contributed by atoms with Crippen molar-refractivity contribution in [2.75, 3.05) is 0 Å². The van der Waals surface area contributed by atoms with Crippen LogP contribution in [0.4, 0.5) is 13.2 Å². The van der Waals surface area contributed by atoms with Crippen molar-refractivity contribution in [3.63, 3.8) is 0 Å². The lowest BCUT2D eigenvalue weighted by Crippen LogP contribution is -2.24. The number of nitrogens with one attached hydrogen (secondary N) is 2. The number of ether oxygens (including phenoxy) is 1. The van der Waals surface area contributed by atoms with Gasteiger partial charge in [-0.2, -0.15) is 13.2 Å². The SMILES string of the molecule is Cc1sc2ccc(OCc3cccnc3C(F)(F)F)cc2c1C(=O)NCc1cccc(=O)[nH]1. The minimum absolute atomic E-state index is 0.0820. The number of halogens is 3. The molecule has 0 fully saturated rings. The van der Waals surface area contributed by atoms with E-state index in [4.69, 9.17) is 4.74 Å². The molecule has 1 amide bonds. The molecular weight excluding hydrogens is 455 g/mol. The predicted octanol–water partition coefficient (Wildman–Crippen LogP) is 4.82. The van der Waals surface area contributed by atoms with Crippen molar-refractivity contribution in [1.82, 2.24) is 15.3 Å². The Labute approximate surface area is 190 Å². The topological polar surface area (TPSA) is 84.1 Å². The summed E-state index contributed by atoms with van der Waals surface area (Å²) in [4.78, 5) is 31.2. The number of carbonyl (C=O) groups excluding carboxylic acids is 1. The lowest BCUT2D eigenvalue weighted by atomic mass is 10.1. The molecule has 33 heavy (non-hydrogen) atoms. The first-order valence-corrected chi connectivity index (χ1v) is 10.7. The summed E-state index contributed by atoms with van der Waals surface area (Å²) in [6, 6.07) is 12.5. The molecule has 0 unspecified atom stereocenters. The molecule has 0 spiro atoms. The molecular formula is C23H18F3N3O3S. The van der Waals surface area contributed by atoms with Gasteiger partial charge in [0.25, 0.3) is 5.91 Å². The number of hydrogen-bond donors (Lipinski definition) is 2. The van der Waals surface area contributed by atoms with Crippen LogP contribution in [0, 0.1) is 6.92 Å². The quantitative estimate of drug-likeness (QED) is 0.421. The van der Waals surface area contributed by atoms with Crippen molar-refractivity contribution in [2.45, 2.75) is 26.3 Å². The molecule has 0 aliphatic heterocycles. The van der Waals surface area contributed by atoms with Gasteiger partial charge < -0.3 is 15.0 Å². The highest BCUT2D eigenvalue weighted by atomic mass is 32.1. The summed E-state index contributed by atoms with van der Waals surface area (Å²) in [7, 11) is 0. The molecule has 3 aromatic heterocycles. The zero-order valence-corrected chi connectivity index (χ0v) is 18.1. The van der Waals surface area contributed by atoms with Gasteiger partial charge in [0.15, 0.2) is 5.69 Å². The van der Waals surface area contributed by atoms with Gasteiger partial charge in [-0.25, -0.2) is 0 Å². The Bertz CT molecular complexity index is 1380. The van der Waals surface area contributed by atoms with Gasteiger partial charge in [0.05, 0.1) is 12.1 Å². The van der Waals surface area contributed by atoms with E-state index >= 15 is 0 Å². The van der Waals surface area contributed by atoms with Crippen molar-refractivity contribution >= 4 is 27.3 Å². The first-order valence-electron chi connectivity index (χ1n) is 9.86. The first-order chi connectivity index (χ1) is 15.7. The molecule has 0 aliphatic rings. The first kappa shape index (κ1) is 22.5. The van der Waals surface area contributed by atoms with Crippen LogP contribution < -0.4 is 15.6 Å². The van der Waals surface area contributed by atoms with Crippen LogP contribution in [0.2, 0.25) is 0 Å². The van der Waals surface area contributed by atoms with Gasteiger partial charge in [-0.3, -0.25) is 14.6 Å². The summed E-state index contributed by atoms with van der Waals surface area (Å²) >= 11 is 1.43. The van der Waals surface area contributed by atoms with E-state index in [1.165, 1.54) is 29.5 Å². The number of nitrogens with zero attached hydrogens (tertiary/aromatic N) is 1. The van der Waals surface area contributed by atoms with Gasteiger partial charge in [-0.15, -0.1) is 11.3 Å². The number of pyridine rings is 2. The molecule has 0 saturated heterocycles. The zero-order valence-electron chi connectivity index (χ0n) is 17.3. The second-order valence-corrected chi connectivity index (χ2v) is 8.47. The third-order valence-corrected chi connectivity index (χ3v) is 5.97. The number of H-pyrrole nitrogens is 1. The molecule has 0 aliphatic carbocycles. The monoisotopic (exact) mass is 473 g/mol. The number of benzene rings is 1. The molecule has 0 saturated carbocycles. The Balaban J connectivity index is 1.55. The zero-order chi connectivity index (χ0) is 23.6. The summed E-state index contributed by atoms with van der Waals surface area (Å²) in [5.41, 5.74) is -0.314. The fraction of sp³-hybridized carbons (Fsp3) is 0.174. The number of rotatable bonds is 6. The molecule has 0 atom stereocenters. The number of aromatic amines is 1. The molecule has 2 N–H and O–H groups in total. The molecule has 6 nitrogen and oxygen atoms in total. The average molecular weight is 473 g/mol. The van der Waals surface area contributed by atoms with Crippen LogP contribution in [0.25, 0.3) is 10.1 Å². The van der Waals surface area contributed by atoms with Gasteiger partial charge in [0.1, 0.15) is 12.4 Å². The van der Waals surface area contributed by atoms with Crippen molar-refractivity contribution in [1.29, 1.82) is 0 Å². The van der Waals surface area contributed by atoms with Crippen LogP contribution in [0.5, 0.6) is 5.75 Å². The van der Waals surface area contributed by atoms with Crippen molar-refractivity contribution in [3.05, 3.63) is 92.5 Å². The Hall–Kier alpha value is -3.66. The van der Waals surface area contributed by atoms with Crippen LogP contribution in [-0.2, 0) is 19.3 Å². The van der Waals surface area contributed by atoms with Crippen LogP contribution in [0.3, 0.4) is 0 Å². The maximum atomic E-state index is 13.2. The number of carbonyl (C=O) groups is 1. The van der Waals surface area contributed by atoms with Gasteiger partial charge in [-0.05, 0) is 37.3 Å². The second-order valence-electron chi connectivity index (χ2n) is 7.21. The smallest absolute Gasteiger partial charge is 0.433 e. The maximum absolute atomic E-state index is 13.2. The molecule has 0 bridgehead atoms. The molecule has 170 valence electrons. The third kappa shape index (κ3) is 5.06. The van der Waals surface area contributed by atoms with Crippen LogP contribution in [0.1, 0.15) is 32.2 Å². The molecule has 3 heterocycles. The van der Waals surface area contributed by atoms with Crippen molar-refractivity contribution < 1.29 is 22.7 Å². The standard InChI is InChI=1S/C23H18F3N3O3S/c1-13-20(22(31)28-11-15-5-2-6-19(30)29-15)17-10-16(7-8-18(17)33-13)32-12-14-4-3-9-27-21(14)23(24,25)26/h2-10H,11-12H2,1H3,(H,28,31)(H,29,30). The highest BCUT2D eigenvalue weighted by Gasteiger charge is 2.35. The summed E-state index contributed by atoms with van der Waals surface area (Å²) in [5.74, 6) is 0.00550. The maximum Gasteiger partial charge on any atom is 0.433 e. The second kappa shape index (κ2) is 9.07. The summed E-state index contributed by atoms with van der Waals surface area (Å²) < 4.78 is 45.9. The Morgan fingerprint density at radius 3 is 2.76 bits per heavy atom. The number of amides is 1. The highest BCUT2D eigenvalue weighted by Crippen LogP contribution is 2.34. The Morgan fingerprint density at radius 2 is 2.00 bits per heavy atom. The number of alkyl halides is 3. The molecule has 0 radical (unpaired) electrons. The lowest BCUT2D eigenvalue weighted by Gasteiger charge is -2.12. The summed E-state index contributed by atoms with van der Waals surface area (Å²) in [5, 5.41) is 3.42. The third-order valence-electron chi connectivity index (χ3n) is 4.88. The largest absolute Gasteiger partial charge is 0.489 e. The van der Waals surface area contributed by atoms with Crippen LogP contribution >= 0.6 is 11.3 Å². The lowest BCUT2D eigenvalue weighted by molar-refractivity contribution is -0.142. The van der Waals surface area contributed by atoms with E-state index in [0.29, 0.717) is 22.4 Å². The van der Waals surface area contributed by atoms with Crippen LogP contribution in [-0.4, -0.2) is 15.9 Å². The number of fused-ring (bicyclic) bond motifs is 1. The molecule has 4 rings (SSSR count). The van der Waals surface area contributed by atoms with Crippen molar-refractivity contribution in [2.24, 2.45) is 0 Å². The van der Waals surface area contributed by atoms with Gasteiger partial charge >= 0.3 is 6.18 Å². The van der Waals surface area contributed by atoms with E-state index in [0.717, 1.165) is 15.8 Å². The number of aryl methyl sites for hydroxylation is 1. The van der Waals surface area contributed by atoms with Gasteiger partial charge in [-0.1, -0.05) is 12.1 Å². The van der Waals surface area contributed by atoms with Gasteiger partial charge in [0, 0.05) is 38.5 Å². The average Bonchev–Trinajstić information content (AvgIpc) is 3.10. The summed E-state index contributed by atoms with van der Waals surface area (Å²) in [6.45, 7) is 1.64. The minimum atomic E-state index is -4.58. The van der Waals surface area contributed by atoms with E-state index in [-0.39, 0.29) is 30.2 Å². The predicted molar refractivity (Wildman–Crippen MR) is 118 cm³/mol. The van der Waals surface area contributed by atoms with E-state index in [1.807, 2.05) is 6.92 Å². The Kier molecular flexibility index (Phi) is 6.19. The minimum Gasteiger partial charge on any atom is -0.489 e. The molecule has 1 aromatic carbocycles. The summed E-state index contributed by atoms with van der Waals surface area (Å²) in [6.07, 6.45) is -3.49. The highest BCUT2D eigenvalue weighted by molar-refractivity contribution is 7.19. The van der Waals surface area contributed by atoms with E-state index < -0.39 is 11.9 Å².